The molecular weight excluding hydrogens is 1470 g/mol. The van der Waals surface area contributed by atoms with Crippen LogP contribution in [0.25, 0.3) is 381 Å². The summed E-state index contributed by atoms with van der Waals surface area (Å²) in [4.78, 5) is 48.6. The van der Waals surface area contributed by atoms with Crippen molar-refractivity contribution in [1.82, 2.24) is 44.8 Å². The van der Waals surface area contributed by atoms with Crippen LogP contribution in [-0.4, -0.2) is 48.4 Å². The quantitative estimate of drug-likeness (QED) is 0.117. The molecule has 1 fully saturated rings. The number of hydrogen-bond acceptors (Lipinski definition) is 7. The Balaban J connectivity index is 0.00000594. The minimum absolute atomic E-state index is 0. The van der Waals surface area contributed by atoms with Crippen LogP contribution in [-0.2, 0) is 44.1 Å². The van der Waals surface area contributed by atoms with Gasteiger partial charge < -0.3 is 29.9 Å². The first kappa shape index (κ1) is 54.1. The zero-order valence-electron chi connectivity index (χ0n) is 64.0. The third kappa shape index (κ3) is 3.98. The summed E-state index contributed by atoms with van der Waals surface area (Å²) < 4.78 is 0. The number of benzene rings is 21. The summed E-state index contributed by atoms with van der Waals surface area (Å²) in [5.41, 5.74) is 15.8. The fourth-order valence-corrected chi connectivity index (χ4v) is 33.2. The molecule has 117 heavy (non-hydrogen) atoms. The van der Waals surface area contributed by atoms with Crippen molar-refractivity contribution in [3.8, 4) is 45.6 Å². The molecule has 0 N–H and O–H groups in total. The minimum Gasteiger partial charge on any atom is -0.357 e. The predicted octanol–water partition coefficient (Wildman–Crippen LogP) is 26.3. The van der Waals surface area contributed by atoms with Crippen LogP contribution in [0.2, 0.25) is 0 Å². The molecule has 35 aromatic rings. The van der Waals surface area contributed by atoms with Crippen molar-refractivity contribution in [2.75, 3.05) is 13.6 Å². The van der Waals surface area contributed by atoms with E-state index in [0.717, 1.165) is 61.5 Å². The van der Waals surface area contributed by atoms with Gasteiger partial charge in [-0.1, -0.05) is 123 Å². The molecule has 8 bridgehead atoms. The Kier molecular flexibility index (Phi) is 6.44. The van der Waals surface area contributed by atoms with Gasteiger partial charge in [0.25, 0.3) is 0 Å². The number of fused-ring (bicyclic) bond motifs is 20. The Morgan fingerprint density at radius 1 is 0.282 bits per heavy atom. The van der Waals surface area contributed by atoms with Crippen molar-refractivity contribution in [3.63, 3.8) is 0 Å². The van der Waals surface area contributed by atoms with Crippen LogP contribution in [0.15, 0.2) is 72.8 Å². The molecule has 10 heteroatoms. The summed E-state index contributed by atoms with van der Waals surface area (Å²) >= 11 is 0. The Morgan fingerprint density at radius 3 is 0.932 bits per heavy atom. The first-order valence-corrected chi connectivity index (χ1v) is 42.2. The number of rotatable bonds is 1. The number of likely N-dealkylation sites (tertiary alicyclic amines) is 1. The average Bonchev–Trinajstić information content (AvgIpc) is 1.38. The van der Waals surface area contributed by atoms with E-state index in [1.54, 1.807) is 313 Å². The van der Waals surface area contributed by atoms with Crippen molar-refractivity contribution >= 4 is 335 Å². The summed E-state index contributed by atoms with van der Waals surface area (Å²) in [5, 5.41) is 91.0. The zero-order chi connectivity index (χ0) is 73.5. The molecule has 7 aliphatic rings. The van der Waals surface area contributed by atoms with E-state index >= 15 is 0 Å². The van der Waals surface area contributed by atoms with Gasteiger partial charge in [-0.25, -0.2) is 9.97 Å². The van der Waals surface area contributed by atoms with Gasteiger partial charge in [-0.05, 0) is 392 Å². The molecule has 2 spiro atoms. The van der Waals surface area contributed by atoms with E-state index in [4.69, 9.17) is 39.9 Å². The van der Waals surface area contributed by atoms with Gasteiger partial charge in [0.1, 0.15) is 0 Å². The van der Waals surface area contributed by atoms with Gasteiger partial charge in [0, 0.05) is 57.4 Å². The molecule has 0 saturated carbocycles. The second kappa shape index (κ2) is 13.9. The fraction of sp³-hybridized carbons (Fsp3) is 0.159. The summed E-state index contributed by atoms with van der Waals surface area (Å²) in [5.74, 6) is 2.32. The van der Waals surface area contributed by atoms with Crippen molar-refractivity contribution in [2.24, 2.45) is 0 Å². The van der Waals surface area contributed by atoms with E-state index < -0.39 is 10.8 Å². The molecule has 0 amide bonds. The van der Waals surface area contributed by atoms with Gasteiger partial charge >= 0.3 is 17.1 Å². The molecular formula is C107H45CuN9. The molecule has 3 unspecified atom stereocenters. The van der Waals surface area contributed by atoms with Crippen molar-refractivity contribution < 1.29 is 17.1 Å². The molecule has 32 aromatic carbocycles. The summed E-state index contributed by atoms with van der Waals surface area (Å²) in [6, 6.07) is 27.3. The topological polar surface area (TPSA) is 109 Å². The van der Waals surface area contributed by atoms with Crippen LogP contribution in [0.5, 0.6) is 0 Å². The van der Waals surface area contributed by atoms with Crippen LogP contribution in [0.4, 0.5) is 0 Å². The fourth-order valence-electron chi connectivity index (χ4n) is 33.2. The first-order valence-electron chi connectivity index (χ1n) is 42.2. The first-order chi connectivity index (χ1) is 56.5. The van der Waals surface area contributed by atoms with Crippen LogP contribution < -0.4 is 9.97 Å². The molecule has 3 aromatic heterocycles. The van der Waals surface area contributed by atoms with E-state index in [0.29, 0.717) is 45.9 Å². The number of aromatic nitrogens is 8. The molecule has 1 radical (unpaired) electrons. The second-order valence-electron chi connectivity index (χ2n) is 42.0. The maximum atomic E-state index is 5.96. The van der Waals surface area contributed by atoms with Gasteiger partial charge in [0.05, 0.1) is 34.1 Å². The summed E-state index contributed by atoms with van der Waals surface area (Å²) in [7, 11) is 2.57. The van der Waals surface area contributed by atoms with Crippen LogP contribution in [0.1, 0.15) is 113 Å². The number of hydrogen-bond donors (Lipinski definition) is 0. The van der Waals surface area contributed by atoms with Gasteiger partial charge in [-0.3, -0.25) is 4.90 Å². The normalized spacial score (nSPS) is 19.7. The molecule has 529 valence electrons. The van der Waals surface area contributed by atoms with Gasteiger partial charge in [-0.2, -0.15) is 0 Å². The summed E-state index contributed by atoms with van der Waals surface area (Å²) in [6.45, 7) is 21.5. The Labute approximate surface area is 663 Å². The molecule has 42 rings (SSSR count). The van der Waals surface area contributed by atoms with Crippen molar-refractivity contribution in [2.45, 2.75) is 95.4 Å². The maximum absolute atomic E-state index is 5.96. The Morgan fingerprint density at radius 2 is 0.564 bits per heavy atom. The summed E-state index contributed by atoms with van der Waals surface area (Å²) in [6.07, 6.45) is 0. The smallest absolute Gasteiger partial charge is 0.357 e. The van der Waals surface area contributed by atoms with Crippen molar-refractivity contribution in [3.05, 3.63) is 117 Å². The minimum atomic E-state index is -0.589. The monoisotopic (exact) mass is 1520 g/mol. The maximum Gasteiger partial charge on any atom is 2.00 e. The van der Waals surface area contributed by atoms with Crippen LogP contribution in [0, 0.1) is 0 Å². The van der Waals surface area contributed by atoms with Gasteiger partial charge in [-0.15, -0.1) is 0 Å². The largest absolute Gasteiger partial charge is 2.00 e. The third-order valence-electron chi connectivity index (χ3n) is 35.5. The molecule has 4 aliphatic carbocycles. The molecule has 1 saturated heterocycles. The molecule has 3 aliphatic heterocycles. The van der Waals surface area contributed by atoms with E-state index in [2.05, 4.69) is 147 Å². The van der Waals surface area contributed by atoms with Gasteiger partial charge in [0.2, 0.25) is 0 Å². The SMILES string of the molecule is CN1CC23c4c5c6c7c8c9c(c%10c%11c2c2c%12c4c4c%13c5c5c7c7c8c8c%14c9c%10c9c%10c%11c2c2c%11c%12c4c4c%12c%13c5c5c7c7c8c8c%14c9c9c%10c2c2c%11c4c4c%12c5c7c5c8c9c2c45)C63C1c1ccc2c(c1)-c1nc-2nc2[n-]c(nc3nc(nc4[n-]c(n1)c1cccc(C(C)(C)C)c41)-c1cc(C(C)(C)C)ccc1-3)c1cccc(C(C)(C)C)c21.[Cu+2]. The molecule has 9 nitrogen and oxygen atoms in total. The molecule has 6 heterocycles. The number of nitrogens with zero attached hydrogens (tertiary/aromatic N) is 9. The predicted molar refractivity (Wildman–Crippen MR) is 479 cm³/mol. The number of likely N-dealkylation sites (N-methyl/N-ethyl adjacent to an activating group) is 1. The third-order valence-corrected chi connectivity index (χ3v) is 35.5. The molecule has 3 atom stereocenters. The van der Waals surface area contributed by atoms with E-state index in [1.807, 2.05) is 0 Å². The van der Waals surface area contributed by atoms with E-state index in [1.165, 1.54) is 11.1 Å². The van der Waals surface area contributed by atoms with Crippen LogP contribution in [0.3, 0.4) is 0 Å². The van der Waals surface area contributed by atoms with Gasteiger partial charge in [0.15, 0.2) is 0 Å². The second-order valence-corrected chi connectivity index (χ2v) is 42.0. The van der Waals surface area contributed by atoms with E-state index in [-0.39, 0.29) is 39.4 Å². The Hall–Kier alpha value is -12.8. The standard InChI is InChI=1S/C107H45N9.Cu/c1-103(2,3)25-18-20-27-31(22-25)100-109-95(27)108-97-28-13-11-15-32(104(4,5)6)34(28)101(113-97)112-96-26-19-17-24(21-30(26)99(110-96)111-98-29-14-12-16-33(105(7,8)9)35(29)102(114-98)115-100)94-107-92-85-77-65-57-48-39-37-36-38-42(39)51-58-56-47(38)49-45-40(36)43-44-41(37)46-50(48)63(65)71-69-55(46)53(44)61-60-52(43)54(45)68-70-62(49)64(56)76-78-66(58)67(59(51)57)79(77)88(92)87(78)90-83(76)81(70)84-74(68)72(60)80-73(61)75(69)86(82(71)85)93(107)89(80)91(84)106(90,107)23-116(94)10;/h11-22,94H,23H2,1-10H3;/q-2;+2. The Bertz CT molecular complexity index is 11100. The zero-order valence-corrected chi connectivity index (χ0v) is 65.0. The van der Waals surface area contributed by atoms with Crippen LogP contribution >= 0.6 is 0 Å². The van der Waals surface area contributed by atoms with Crippen molar-refractivity contribution in [1.29, 1.82) is 0 Å². The van der Waals surface area contributed by atoms with E-state index in [9.17, 15) is 0 Å². The average molecular weight is 1520 g/mol.